The van der Waals surface area contributed by atoms with Gasteiger partial charge in [-0.15, -0.1) is 5.10 Å². The number of rotatable bonds is 3. The number of aromatic nitrogens is 4. The minimum absolute atomic E-state index is 0.175. The number of hydrogen-bond donors (Lipinski definition) is 1. The van der Waals surface area contributed by atoms with Crippen LogP contribution in [-0.2, 0) is 6.54 Å². The summed E-state index contributed by atoms with van der Waals surface area (Å²) in [5, 5.41) is 8.77. The van der Waals surface area contributed by atoms with Crippen molar-refractivity contribution in [1.29, 1.82) is 0 Å². The van der Waals surface area contributed by atoms with Crippen LogP contribution in [0.2, 0.25) is 0 Å². The van der Waals surface area contributed by atoms with E-state index in [0.29, 0.717) is 12.2 Å². The normalized spacial score (nSPS) is 12.8. The number of benzene rings is 1. The van der Waals surface area contributed by atoms with Gasteiger partial charge in [0.15, 0.2) is 0 Å². The lowest BCUT2D eigenvalue weighted by Gasteiger charge is -2.06. The summed E-state index contributed by atoms with van der Waals surface area (Å²) < 4.78 is 15.3. The van der Waals surface area contributed by atoms with Crippen molar-refractivity contribution in [2.75, 3.05) is 0 Å². The quantitative estimate of drug-likeness (QED) is 0.791. The summed E-state index contributed by atoms with van der Waals surface area (Å²) in [5.41, 5.74) is 7.99. The summed E-state index contributed by atoms with van der Waals surface area (Å²) in [4.78, 5) is 4.31. The second-order valence-electron chi connectivity index (χ2n) is 4.77. The Morgan fingerprint density at radius 1 is 1.40 bits per heavy atom. The van der Waals surface area contributed by atoms with Crippen LogP contribution in [0.4, 0.5) is 4.39 Å². The molecule has 0 aliphatic rings. The second kappa shape index (κ2) is 4.97. The molecule has 0 saturated carbocycles. The van der Waals surface area contributed by atoms with E-state index in [2.05, 4.69) is 15.3 Å². The van der Waals surface area contributed by atoms with E-state index in [1.165, 1.54) is 12.1 Å². The highest BCUT2D eigenvalue weighted by molar-refractivity contribution is 5.81. The molecule has 2 heterocycles. The molecule has 1 unspecified atom stereocenters. The maximum atomic E-state index is 13.6. The molecule has 1 aromatic carbocycles. The molecule has 0 fully saturated rings. The van der Waals surface area contributed by atoms with Gasteiger partial charge < -0.3 is 5.73 Å². The van der Waals surface area contributed by atoms with Crippen LogP contribution in [0.15, 0.2) is 36.7 Å². The van der Waals surface area contributed by atoms with Crippen molar-refractivity contribution in [2.24, 2.45) is 5.73 Å². The van der Waals surface area contributed by atoms with Crippen LogP contribution in [0.25, 0.3) is 10.9 Å². The molecule has 3 aromatic rings. The molecule has 0 aliphatic carbocycles. The van der Waals surface area contributed by atoms with Gasteiger partial charge in [-0.1, -0.05) is 11.3 Å². The number of nitrogens with two attached hydrogens (primary N) is 1. The molecule has 0 spiro atoms. The van der Waals surface area contributed by atoms with Gasteiger partial charge >= 0.3 is 0 Å². The summed E-state index contributed by atoms with van der Waals surface area (Å²) in [6.07, 6.45) is 3.46. The number of halogens is 1. The molecule has 2 N–H and O–H groups in total. The van der Waals surface area contributed by atoms with Crippen LogP contribution < -0.4 is 5.73 Å². The van der Waals surface area contributed by atoms with Crippen LogP contribution in [0.1, 0.15) is 24.2 Å². The van der Waals surface area contributed by atoms with Crippen molar-refractivity contribution in [3.8, 4) is 0 Å². The first-order valence-electron chi connectivity index (χ1n) is 6.32. The molecule has 2 aromatic heterocycles. The fourth-order valence-electron chi connectivity index (χ4n) is 2.12. The zero-order valence-electron chi connectivity index (χ0n) is 11.0. The SMILES string of the molecule is CC(N)c1cn(Cc2cc(F)cc3cccnc23)nn1. The van der Waals surface area contributed by atoms with Crippen molar-refractivity contribution in [2.45, 2.75) is 19.5 Å². The summed E-state index contributed by atoms with van der Waals surface area (Å²) in [7, 11) is 0. The largest absolute Gasteiger partial charge is 0.323 e. The van der Waals surface area contributed by atoms with E-state index in [4.69, 9.17) is 5.73 Å². The van der Waals surface area contributed by atoms with Crippen molar-refractivity contribution < 1.29 is 4.39 Å². The first-order chi connectivity index (χ1) is 9.63. The Balaban J connectivity index is 2.01. The van der Waals surface area contributed by atoms with E-state index in [0.717, 1.165) is 16.5 Å². The smallest absolute Gasteiger partial charge is 0.124 e. The van der Waals surface area contributed by atoms with E-state index in [1.54, 1.807) is 23.1 Å². The maximum Gasteiger partial charge on any atom is 0.124 e. The van der Waals surface area contributed by atoms with Gasteiger partial charge in [0.05, 0.1) is 24.0 Å². The average molecular weight is 271 g/mol. The zero-order valence-corrected chi connectivity index (χ0v) is 11.0. The van der Waals surface area contributed by atoms with Gasteiger partial charge in [0.2, 0.25) is 0 Å². The fourth-order valence-corrected chi connectivity index (χ4v) is 2.12. The Labute approximate surface area is 115 Å². The Kier molecular flexibility index (Phi) is 3.15. The third kappa shape index (κ3) is 2.37. The van der Waals surface area contributed by atoms with E-state index in [1.807, 2.05) is 13.0 Å². The Morgan fingerprint density at radius 2 is 2.25 bits per heavy atom. The van der Waals surface area contributed by atoms with Gasteiger partial charge in [-0.2, -0.15) is 0 Å². The molecule has 0 saturated heterocycles. The highest BCUT2D eigenvalue weighted by Crippen LogP contribution is 2.19. The Morgan fingerprint density at radius 3 is 3.00 bits per heavy atom. The minimum atomic E-state index is -0.284. The lowest BCUT2D eigenvalue weighted by Crippen LogP contribution is -2.05. The third-order valence-electron chi connectivity index (χ3n) is 3.10. The molecule has 0 radical (unpaired) electrons. The number of pyridine rings is 1. The van der Waals surface area contributed by atoms with Gasteiger partial charge in [-0.25, -0.2) is 9.07 Å². The Bertz CT molecular complexity index is 750. The first-order valence-corrected chi connectivity index (χ1v) is 6.32. The average Bonchev–Trinajstić information content (AvgIpc) is 2.87. The minimum Gasteiger partial charge on any atom is -0.323 e. The summed E-state index contributed by atoms with van der Waals surface area (Å²) in [6.45, 7) is 2.25. The maximum absolute atomic E-state index is 13.6. The molecule has 0 aliphatic heterocycles. The number of fused-ring (bicyclic) bond motifs is 1. The second-order valence-corrected chi connectivity index (χ2v) is 4.77. The van der Waals surface area contributed by atoms with Crippen LogP contribution >= 0.6 is 0 Å². The molecule has 20 heavy (non-hydrogen) atoms. The van der Waals surface area contributed by atoms with Crippen molar-refractivity contribution in [1.82, 2.24) is 20.0 Å². The van der Waals surface area contributed by atoms with Crippen LogP contribution in [0.3, 0.4) is 0 Å². The molecule has 0 bridgehead atoms. The fraction of sp³-hybridized carbons (Fsp3) is 0.214. The predicted molar refractivity (Wildman–Crippen MR) is 73.4 cm³/mol. The standard InChI is InChI=1S/C14H14FN5/c1-9(16)13-8-20(19-18-13)7-11-6-12(15)5-10-3-2-4-17-14(10)11/h2-6,8-9H,7,16H2,1H3. The van der Waals surface area contributed by atoms with E-state index in [9.17, 15) is 4.39 Å². The van der Waals surface area contributed by atoms with Crippen LogP contribution in [0.5, 0.6) is 0 Å². The third-order valence-corrected chi connectivity index (χ3v) is 3.10. The molecule has 6 heteroatoms. The molecule has 1 atom stereocenters. The van der Waals surface area contributed by atoms with Gasteiger partial charge in [-0.05, 0) is 25.1 Å². The van der Waals surface area contributed by atoms with Crippen LogP contribution in [0, 0.1) is 5.82 Å². The number of nitrogens with zero attached hydrogens (tertiary/aromatic N) is 4. The molecule has 0 amide bonds. The monoisotopic (exact) mass is 271 g/mol. The Hall–Kier alpha value is -2.34. The zero-order chi connectivity index (χ0) is 14.1. The predicted octanol–water partition coefficient (Wildman–Crippen LogP) is 2.03. The topological polar surface area (TPSA) is 69.6 Å². The summed E-state index contributed by atoms with van der Waals surface area (Å²) >= 11 is 0. The van der Waals surface area contributed by atoms with Crippen molar-refractivity contribution in [3.05, 3.63) is 53.7 Å². The lowest BCUT2D eigenvalue weighted by atomic mass is 10.1. The van der Waals surface area contributed by atoms with Gasteiger partial charge in [-0.3, -0.25) is 4.98 Å². The van der Waals surface area contributed by atoms with Crippen molar-refractivity contribution >= 4 is 10.9 Å². The summed E-state index contributed by atoms with van der Waals surface area (Å²) in [5.74, 6) is -0.284. The van der Waals surface area contributed by atoms with E-state index < -0.39 is 0 Å². The first kappa shape index (κ1) is 12.7. The molecule has 102 valence electrons. The molecule has 5 nitrogen and oxygen atoms in total. The summed E-state index contributed by atoms with van der Waals surface area (Å²) in [6, 6.07) is 6.40. The molecular formula is C14H14FN5. The lowest BCUT2D eigenvalue weighted by molar-refractivity contribution is 0.617. The molecular weight excluding hydrogens is 257 g/mol. The highest BCUT2D eigenvalue weighted by atomic mass is 19.1. The molecule has 3 rings (SSSR count). The van der Waals surface area contributed by atoms with Gasteiger partial charge in [0.1, 0.15) is 5.82 Å². The van der Waals surface area contributed by atoms with Gasteiger partial charge in [0.25, 0.3) is 0 Å². The van der Waals surface area contributed by atoms with Crippen molar-refractivity contribution in [3.63, 3.8) is 0 Å². The van der Waals surface area contributed by atoms with Crippen LogP contribution in [-0.4, -0.2) is 20.0 Å². The van der Waals surface area contributed by atoms with E-state index in [-0.39, 0.29) is 11.9 Å². The van der Waals surface area contributed by atoms with Gasteiger partial charge in [0, 0.05) is 23.2 Å². The van der Waals surface area contributed by atoms with E-state index >= 15 is 0 Å². The number of hydrogen-bond acceptors (Lipinski definition) is 4. The highest BCUT2D eigenvalue weighted by Gasteiger charge is 2.09.